The highest BCUT2D eigenvalue weighted by Crippen LogP contribution is 2.19. The molecule has 2 aromatic rings. The monoisotopic (exact) mass is 377 g/mol. The average Bonchev–Trinajstić information content (AvgIpc) is 3.50. The SMILES string of the molecule is CN(Cc1ccc(N(C)C)cc1)C(=O)/C=C/c1ccc(C(=O)NC2CC2)cc1. The first kappa shape index (κ1) is 19.7. The van der Waals surface area contributed by atoms with E-state index < -0.39 is 0 Å². The van der Waals surface area contributed by atoms with Crippen LogP contribution in [0.15, 0.2) is 54.6 Å². The molecular weight excluding hydrogens is 350 g/mol. The number of likely N-dealkylation sites (N-methyl/N-ethyl adjacent to an activating group) is 1. The molecule has 0 spiro atoms. The highest BCUT2D eigenvalue weighted by molar-refractivity contribution is 5.95. The molecule has 5 heteroatoms. The minimum Gasteiger partial charge on any atom is -0.378 e. The lowest BCUT2D eigenvalue weighted by atomic mass is 10.1. The van der Waals surface area contributed by atoms with Crippen LogP contribution in [0.5, 0.6) is 0 Å². The molecule has 0 atom stereocenters. The molecule has 0 radical (unpaired) electrons. The van der Waals surface area contributed by atoms with Crippen LogP contribution >= 0.6 is 0 Å². The summed E-state index contributed by atoms with van der Waals surface area (Å²) < 4.78 is 0. The van der Waals surface area contributed by atoms with E-state index >= 15 is 0 Å². The molecular formula is C23H27N3O2. The van der Waals surface area contributed by atoms with E-state index in [1.807, 2.05) is 55.4 Å². The van der Waals surface area contributed by atoms with Crippen LogP contribution in [0.25, 0.3) is 6.08 Å². The molecule has 1 N–H and O–H groups in total. The first-order valence-electron chi connectivity index (χ1n) is 9.53. The second kappa shape index (κ2) is 8.74. The zero-order valence-corrected chi connectivity index (χ0v) is 16.7. The summed E-state index contributed by atoms with van der Waals surface area (Å²) in [6.07, 6.45) is 5.48. The zero-order chi connectivity index (χ0) is 20.1. The van der Waals surface area contributed by atoms with Gasteiger partial charge in [-0.1, -0.05) is 24.3 Å². The first-order valence-corrected chi connectivity index (χ1v) is 9.53. The molecule has 28 heavy (non-hydrogen) atoms. The Morgan fingerprint density at radius 1 is 1.00 bits per heavy atom. The standard InChI is InChI=1S/C23H27N3O2/c1-25(2)21-13-6-18(7-14-21)16-26(3)22(27)15-8-17-4-9-19(10-5-17)23(28)24-20-11-12-20/h4-10,13-15,20H,11-12,16H2,1-3H3,(H,24,28)/b15-8+. The Morgan fingerprint density at radius 3 is 2.21 bits per heavy atom. The van der Waals surface area contributed by atoms with Crippen molar-refractivity contribution in [2.24, 2.45) is 0 Å². The van der Waals surface area contributed by atoms with Crippen molar-refractivity contribution in [1.29, 1.82) is 0 Å². The van der Waals surface area contributed by atoms with Gasteiger partial charge in [0.05, 0.1) is 0 Å². The number of carbonyl (C=O) groups is 2. The molecule has 2 aromatic carbocycles. The van der Waals surface area contributed by atoms with E-state index in [4.69, 9.17) is 0 Å². The van der Waals surface area contributed by atoms with E-state index in [0.29, 0.717) is 18.2 Å². The molecule has 2 amide bonds. The van der Waals surface area contributed by atoms with Gasteiger partial charge in [0.1, 0.15) is 0 Å². The number of hydrogen-bond donors (Lipinski definition) is 1. The predicted molar refractivity (Wildman–Crippen MR) is 113 cm³/mol. The van der Waals surface area contributed by atoms with Crippen molar-refractivity contribution in [3.63, 3.8) is 0 Å². The Kier molecular flexibility index (Phi) is 6.14. The summed E-state index contributed by atoms with van der Waals surface area (Å²) in [5.74, 6) is -0.0960. The van der Waals surface area contributed by atoms with Gasteiger partial charge in [-0.05, 0) is 54.3 Å². The van der Waals surface area contributed by atoms with Crippen LogP contribution < -0.4 is 10.2 Å². The van der Waals surface area contributed by atoms with Crippen LogP contribution in [0.1, 0.15) is 34.3 Å². The third kappa shape index (κ3) is 5.46. The summed E-state index contributed by atoms with van der Waals surface area (Å²) >= 11 is 0. The lowest BCUT2D eigenvalue weighted by Crippen LogP contribution is -2.25. The fourth-order valence-corrected chi connectivity index (χ4v) is 2.79. The number of rotatable bonds is 7. The van der Waals surface area contributed by atoms with Crippen molar-refractivity contribution in [2.45, 2.75) is 25.4 Å². The van der Waals surface area contributed by atoms with Gasteiger partial charge in [-0.15, -0.1) is 0 Å². The van der Waals surface area contributed by atoms with Crippen LogP contribution in [0.4, 0.5) is 5.69 Å². The molecule has 3 rings (SSSR count). The molecule has 0 saturated heterocycles. The molecule has 1 aliphatic rings. The summed E-state index contributed by atoms with van der Waals surface area (Å²) in [4.78, 5) is 28.1. The van der Waals surface area contributed by atoms with E-state index in [0.717, 1.165) is 29.7 Å². The number of amides is 2. The Hall–Kier alpha value is -3.08. The number of hydrogen-bond acceptors (Lipinski definition) is 3. The van der Waals surface area contributed by atoms with Gasteiger partial charge in [0.2, 0.25) is 5.91 Å². The first-order chi connectivity index (χ1) is 13.4. The maximum atomic E-state index is 12.4. The molecule has 1 saturated carbocycles. The quantitative estimate of drug-likeness (QED) is 0.753. The summed E-state index contributed by atoms with van der Waals surface area (Å²) in [7, 11) is 5.79. The third-order valence-corrected chi connectivity index (χ3v) is 4.75. The van der Waals surface area contributed by atoms with Crippen LogP contribution in [0, 0.1) is 0 Å². The highest BCUT2D eigenvalue weighted by atomic mass is 16.2. The number of nitrogens with one attached hydrogen (secondary N) is 1. The van der Waals surface area contributed by atoms with Crippen molar-refractivity contribution >= 4 is 23.6 Å². The Balaban J connectivity index is 1.53. The topological polar surface area (TPSA) is 52.7 Å². The number of nitrogens with zero attached hydrogens (tertiary/aromatic N) is 2. The Bertz CT molecular complexity index is 850. The van der Waals surface area contributed by atoms with Crippen molar-refractivity contribution in [2.75, 3.05) is 26.0 Å². The second-order valence-electron chi connectivity index (χ2n) is 7.46. The molecule has 146 valence electrons. The van der Waals surface area contributed by atoms with Crippen LogP contribution in [-0.4, -0.2) is 43.9 Å². The summed E-state index contributed by atoms with van der Waals surface area (Å²) in [5.41, 5.74) is 3.75. The van der Waals surface area contributed by atoms with Gasteiger partial charge in [-0.2, -0.15) is 0 Å². The van der Waals surface area contributed by atoms with E-state index in [-0.39, 0.29) is 11.8 Å². The average molecular weight is 377 g/mol. The van der Waals surface area contributed by atoms with Gasteiger partial charge in [-0.25, -0.2) is 0 Å². The maximum absolute atomic E-state index is 12.4. The molecule has 1 aliphatic carbocycles. The molecule has 0 aliphatic heterocycles. The second-order valence-corrected chi connectivity index (χ2v) is 7.46. The fraction of sp³-hybridized carbons (Fsp3) is 0.304. The zero-order valence-electron chi connectivity index (χ0n) is 16.7. The summed E-state index contributed by atoms with van der Waals surface area (Å²) in [6, 6.07) is 15.8. The lowest BCUT2D eigenvalue weighted by molar-refractivity contribution is -0.125. The normalized spacial score (nSPS) is 13.4. The molecule has 5 nitrogen and oxygen atoms in total. The fourth-order valence-electron chi connectivity index (χ4n) is 2.79. The minimum absolute atomic E-state index is 0.0332. The molecule has 1 fully saturated rings. The Morgan fingerprint density at radius 2 is 1.64 bits per heavy atom. The molecule has 0 bridgehead atoms. The van der Waals surface area contributed by atoms with Crippen LogP contribution in [0.3, 0.4) is 0 Å². The molecule has 0 heterocycles. The smallest absolute Gasteiger partial charge is 0.251 e. The van der Waals surface area contributed by atoms with Gasteiger partial charge < -0.3 is 15.1 Å². The van der Waals surface area contributed by atoms with E-state index in [1.165, 1.54) is 0 Å². The van der Waals surface area contributed by atoms with Gasteiger partial charge >= 0.3 is 0 Å². The summed E-state index contributed by atoms with van der Waals surface area (Å²) in [6.45, 7) is 0.553. The minimum atomic E-state index is -0.0627. The van der Waals surface area contributed by atoms with Gasteiger partial charge in [-0.3, -0.25) is 9.59 Å². The van der Waals surface area contributed by atoms with E-state index in [2.05, 4.69) is 5.32 Å². The van der Waals surface area contributed by atoms with Crippen molar-refractivity contribution in [3.05, 3.63) is 71.3 Å². The van der Waals surface area contributed by atoms with Gasteiger partial charge in [0.15, 0.2) is 0 Å². The lowest BCUT2D eigenvalue weighted by Gasteiger charge is -2.17. The molecule has 0 aromatic heterocycles. The van der Waals surface area contributed by atoms with Gasteiger partial charge in [0, 0.05) is 51.1 Å². The van der Waals surface area contributed by atoms with Crippen LogP contribution in [-0.2, 0) is 11.3 Å². The molecule has 0 unspecified atom stereocenters. The van der Waals surface area contributed by atoms with E-state index in [9.17, 15) is 9.59 Å². The van der Waals surface area contributed by atoms with Crippen molar-refractivity contribution in [1.82, 2.24) is 10.2 Å². The van der Waals surface area contributed by atoms with Gasteiger partial charge in [0.25, 0.3) is 5.91 Å². The predicted octanol–water partition coefficient (Wildman–Crippen LogP) is 3.32. The maximum Gasteiger partial charge on any atom is 0.251 e. The summed E-state index contributed by atoms with van der Waals surface area (Å²) in [5, 5.41) is 2.97. The number of carbonyl (C=O) groups excluding carboxylic acids is 2. The highest BCUT2D eigenvalue weighted by Gasteiger charge is 2.23. The van der Waals surface area contributed by atoms with Crippen molar-refractivity contribution in [3.8, 4) is 0 Å². The van der Waals surface area contributed by atoms with E-state index in [1.54, 1.807) is 36.2 Å². The number of anilines is 1. The largest absolute Gasteiger partial charge is 0.378 e. The number of benzene rings is 2. The van der Waals surface area contributed by atoms with Crippen molar-refractivity contribution < 1.29 is 9.59 Å². The third-order valence-electron chi connectivity index (χ3n) is 4.75. The Labute approximate surface area is 166 Å². The van der Waals surface area contributed by atoms with Crippen LogP contribution in [0.2, 0.25) is 0 Å².